The van der Waals surface area contributed by atoms with Crippen LogP contribution in [0.3, 0.4) is 0 Å². The van der Waals surface area contributed by atoms with Crippen LogP contribution < -0.4 is 14.8 Å². The maximum atomic E-state index is 12.9. The van der Waals surface area contributed by atoms with Crippen molar-refractivity contribution >= 4 is 5.91 Å². The molecule has 1 amide bonds. The lowest BCUT2D eigenvalue weighted by Gasteiger charge is -2.35. The Morgan fingerprint density at radius 2 is 1.75 bits per heavy atom. The molecule has 6 nitrogen and oxygen atoms in total. The Balaban J connectivity index is 1.58. The number of ether oxygens (including phenoxy) is 3. The molecule has 28 heavy (non-hydrogen) atoms. The van der Waals surface area contributed by atoms with E-state index in [4.69, 9.17) is 14.2 Å². The van der Waals surface area contributed by atoms with Crippen LogP contribution in [0.4, 0.5) is 4.39 Å². The van der Waals surface area contributed by atoms with Gasteiger partial charge in [-0.3, -0.25) is 9.69 Å². The summed E-state index contributed by atoms with van der Waals surface area (Å²) in [6, 6.07) is 13.5. The monoisotopic (exact) mass is 388 g/mol. The van der Waals surface area contributed by atoms with Crippen molar-refractivity contribution in [2.45, 2.75) is 6.04 Å². The Morgan fingerprint density at radius 1 is 1.11 bits per heavy atom. The summed E-state index contributed by atoms with van der Waals surface area (Å²) in [6.07, 6.45) is 0. The summed E-state index contributed by atoms with van der Waals surface area (Å²) in [4.78, 5) is 14.5. The van der Waals surface area contributed by atoms with Crippen molar-refractivity contribution in [3.63, 3.8) is 0 Å². The zero-order chi connectivity index (χ0) is 19.8. The number of halogens is 1. The fraction of sp³-hybridized carbons (Fsp3) is 0.381. The first kappa shape index (κ1) is 20.1. The molecule has 0 saturated carbocycles. The molecule has 3 rings (SSSR count). The van der Waals surface area contributed by atoms with E-state index in [1.165, 1.54) is 24.3 Å². The number of carbonyl (C=O) groups is 1. The number of morpholine rings is 1. The van der Waals surface area contributed by atoms with Crippen molar-refractivity contribution in [1.29, 1.82) is 0 Å². The fourth-order valence-corrected chi connectivity index (χ4v) is 3.11. The molecule has 1 N–H and O–H groups in total. The molecule has 0 bridgehead atoms. The van der Waals surface area contributed by atoms with Gasteiger partial charge in [0.15, 0.2) is 6.61 Å². The quantitative estimate of drug-likeness (QED) is 0.753. The molecule has 0 aliphatic carbocycles. The molecule has 1 unspecified atom stereocenters. The van der Waals surface area contributed by atoms with Crippen molar-refractivity contribution in [2.24, 2.45) is 0 Å². The molecule has 1 fully saturated rings. The normalized spacial score (nSPS) is 15.6. The number of amides is 1. The molecule has 1 heterocycles. The van der Waals surface area contributed by atoms with Crippen LogP contribution >= 0.6 is 0 Å². The molecule has 1 aliphatic rings. The lowest BCUT2D eigenvalue weighted by Crippen LogP contribution is -2.44. The maximum Gasteiger partial charge on any atom is 0.258 e. The average Bonchev–Trinajstić information content (AvgIpc) is 2.74. The molecule has 1 saturated heterocycles. The number of carbonyl (C=O) groups excluding carboxylic acids is 1. The van der Waals surface area contributed by atoms with Crippen LogP contribution in [-0.4, -0.2) is 57.4 Å². The van der Waals surface area contributed by atoms with Crippen LogP contribution in [0, 0.1) is 5.82 Å². The van der Waals surface area contributed by atoms with E-state index < -0.39 is 0 Å². The molecule has 0 aromatic heterocycles. The van der Waals surface area contributed by atoms with Gasteiger partial charge >= 0.3 is 0 Å². The summed E-state index contributed by atoms with van der Waals surface area (Å²) >= 11 is 0. The van der Waals surface area contributed by atoms with Gasteiger partial charge in [-0.05, 0) is 42.0 Å². The van der Waals surface area contributed by atoms with Crippen molar-refractivity contribution in [1.82, 2.24) is 10.2 Å². The highest BCUT2D eigenvalue weighted by atomic mass is 19.1. The summed E-state index contributed by atoms with van der Waals surface area (Å²) in [7, 11) is 1.63. The van der Waals surface area contributed by atoms with E-state index in [9.17, 15) is 9.18 Å². The second-order valence-corrected chi connectivity index (χ2v) is 6.48. The number of methoxy groups -OCH3 is 1. The number of nitrogens with one attached hydrogen (secondary N) is 1. The topological polar surface area (TPSA) is 60.0 Å². The first-order valence-electron chi connectivity index (χ1n) is 9.26. The largest absolute Gasteiger partial charge is 0.497 e. The van der Waals surface area contributed by atoms with Crippen LogP contribution in [0.5, 0.6) is 11.5 Å². The Morgan fingerprint density at radius 3 is 2.39 bits per heavy atom. The van der Waals surface area contributed by atoms with E-state index >= 15 is 0 Å². The first-order chi connectivity index (χ1) is 13.7. The third kappa shape index (κ3) is 5.68. The lowest BCUT2D eigenvalue weighted by molar-refractivity contribution is -0.123. The van der Waals surface area contributed by atoms with Gasteiger partial charge in [0.25, 0.3) is 5.91 Å². The van der Waals surface area contributed by atoms with Gasteiger partial charge in [0, 0.05) is 19.6 Å². The van der Waals surface area contributed by atoms with Crippen LogP contribution in [0.15, 0.2) is 48.5 Å². The van der Waals surface area contributed by atoms with Crippen molar-refractivity contribution < 1.29 is 23.4 Å². The Labute approximate surface area is 164 Å². The minimum atomic E-state index is -0.343. The summed E-state index contributed by atoms with van der Waals surface area (Å²) in [5.41, 5.74) is 1.10. The van der Waals surface area contributed by atoms with E-state index in [-0.39, 0.29) is 24.4 Å². The standard InChI is InChI=1S/C21H25FN2O4/c1-26-18-6-2-16(3-7-18)20(24-10-12-27-13-11-24)14-23-21(25)15-28-19-8-4-17(22)5-9-19/h2-9,20H,10-15H2,1H3,(H,23,25). The summed E-state index contributed by atoms with van der Waals surface area (Å²) < 4.78 is 29.0. The van der Waals surface area contributed by atoms with E-state index in [0.29, 0.717) is 25.5 Å². The van der Waals surface area contributed by atoms with Crippen molar-refractivity contribution in [3.05, 3.63) is 59.9 Å². The van der Waals surface area contributed by atoms with Crippen LogP contribution in [0.1, 0.15) is 11.6 Å². The number of benzene rings is 2. The van der Waals surface area contributed by atoms with Gasteiger partial charge in [0.2, 0.25) is 0 Å². The number of nitrogens with zero attached hydrogens (tertiary/aromatic N) is 1. The predicted molar refractivity (Wildman–Crippen MR) is 103 cm³/mol. The zero-order valence-electron chi connectivity index (χ0n) is 15.9. The molecule has 2 aromatic carbocycles. The third-order valence-electron chi connectivity index (χ3n) is 4.66. The van der Waals surface area contributed by atoms with Gasteiger partial charge in [-0.15, -0.1) is 0 Å². The van der Waals surface area contributed by atoms with E-state index in [1.807, 2.05) is 24.3 Å². The van der Waals surface area contributed by atoms with Gasteiger partial charge in [-0.2, -0.15) is 0 Å². The molecule has 0 spiro atoms. The Bertz CT molecular complexity index is 746. The highest BCUT2D eigenvalue weighted by Gasteiger charge is 2.23. The second-order valence-electron chi connectivity index (χ2n) is 6.48. The van der Waals surface area contributed by atoms with Gasteiger partial charge < -0.3 is 19.5 Å². The van der Waals surface area contributed by atoms with Gasteiger partial charge in [-0.1, -0.05) is 12.1 Å². The molecule has 2 aromatic rings. The Kier molecular flexibility index (Phi) is 7.22. The SMILES string of the molecule is COc1ccc(C(CNC(=O)COc2ccc(F)cc2)N2CCOCC2)cc1. The highest BCUT2D eigenvalue weighted by Crippen LogP contribution is 2.23. The number of hydrogen-bond donors (Lipinski definition) is 1. The van der Waals surface area contributed by atoms with Crippen molar-refractivity contribution in [2.75, 3.05) is 46.6 Å². The predicted octanol–water partition coefficient (Wildman–Crippen LogP) is 2.40. The molecule has 7 heteroatoms. The maximum absolute atomic E-state index is 12.9. The number of hydrogen-bond acceptors (Lipinski definition) is 5. The van der Waals surface area contributed by atoms with Crippen LogP contribution in [-0.2, 0) is 9.53 Å². The van der Waals surface area contributed by atoms with Gasteiger partial charge in [0.1, 0.15) is 17.3 Å². The van der Waals surface area contributed by atoms with E-state index in [2.05, 4.69) is 10.2 Å². The molecule has 1 aliphatic heterocycles. The third-order valence-corrected chi connectivity index (χ3v) is 4.66. The second kappa shape index (κ2) is 10.1. The van der Waals surface area contributed by atoms with E-state index in [1.54, 1.807) is 7.11 Å². The minimum Gasteiger partial charge on any atom is -0.497 e. The summed E-state index contributed by atoms with van der Waals surface area (Å²) in [5.74, 6) is 0.679. The number of rotatable bonds is 8. The molecular formula is C21H25FN2O4. The average molecular weight is 388 g/mol. The first-order valence-corrected chi connectivity index (χ1v) is 9.26. The summed E-state index contributed by atoms with van der Waals surface area (Å²) in [5, 5.41) is 2.94. The molecule has 150 valence electrons. The molecule has 1 atom stereocenters. The van der Waals surface area contributed by atoms with Crippen molar-refractivity contribution in [3.8, 4) is 11.5 Å². The molecular weight excluding hydrogens is 363 g/mol. The minimum absolute atomic E-state index is 0.0320. The van der Waals surface area contributed by atoms with E-state index in [0.717, 1.165) is 24.4 Å². The highest BCUT2D eigenvalue weighted by molar-refractivity contribution is 5.77. The zero-order valence-corrected chi connectivity index (χ0v) is 15.9. The van der Waals surface area contributed by atoms with Crippen LogP contribution in [0.2, 0.25) is 0 Å². The van der Waals surface area contributed by atoms with Gasteiger partial charge in [0.05, 0.1) is 26.4 Å². The van der Waals surface area contributed by atoms with Crippen LogP contribution in [0.25, 0.3) is 0 Å². The van der Waals surface area contributed by atoms with Gasteiger partial charge in [-0.25, -0.2) is 4.39 Å². The smallest absolute Gasteiger partial charge is 0.258 e. The summed E-state index contributed by atoms with van der Waals surface area (Å²) in [6.45, 7) is 3.29. The Hall–Kier alpha value is -2.64. The molecule has 0 radical (unpaired) electrons. The lowest BCUT2D eigenvalue weighted by atomic mass is 10.0. The fourth-order valence-electron chi connectivity index (χ4n) is 3.11.